The number of nitrogens with zero attached hydrogens (tertiary/aromatic N) is 2. The fraction of sp³-hybridized carbons (Fsp3) is 0.368. The van der Waals surface area contributed by atoms with Crippen LogP contribution in [0.5, 0.6) is 0 Å². The monoisotopic (exact) mass is 340 g/mol. The third-order valence-corrected chi connectivity index (χ3v) is 4.51. The first-order chi connectivity index (χ1) is 12.1. The fourth-order valence-electron chi connectivity index (χ4n) is 2.97. The van der Waals surface area contributed by atoms with Gasteiger partial charge in [0.05, 0.1) is 12.0 Å². The number of anilines is 1. The molecule has 1 aromatic carbocycles. The second kappa shape index (κ2) is 7.42. The molecular formula is C19H24N4O2. The number of urea groups is 1. The minimum atomic E-state index is -0.225. The van der Waals surface area contributed by atoms with Gasteiger partial charge < -0.3 is 19.6 Å². The molecule has 0 saturated heterocycles. The smallest absolute Gasteiger partial charge is 0.319 e. The van der Waals surface area contributed by atoms with Gasteiger partial charge >= 0.3 is 6.03 Å². The second-order valence-corrected chi connectivity index (χ2v) is 6.21. The molecular weight excluding hydrogens is 316 g/mol. The van der Waals surface area contributed by atoms with Crippen LogP contribution in [0.1, 0.15) is 37.6 Å². The zero-order chi connectivity index (χ0) is 17.8. The number of amides is 2. The summed E-state index contributed by atoms with van der Waals surface area (Å²) in [6.07, 6.45) is 7.13. The van der Waals surface area contributed by atoms with E-state index in [0.717, 1.165) is 35.1 Å². The molecule has 6 nitrogen and oxygen atoms in total. The van der Waals surface area contributed by atoms with Gasteiger partial charge in [0, 0.05) is 36.8 Å². The number of fused-ring (bicyclic) bond motifs is 1. The van der Waals surface area contributed by atoms with Gasteiger partial charge in [0.2, 0.25) is 0 Å². The Bertz CT molecular complexity index is 852. The molecule has 0 radical (unpaired) electrons. The van der Waals surface area contributed by atoms with E-state index in [2.05, 4.69) is 29.5 Å². The molecule has 0 fully saturated rings. The molecule has 0 bridgehead atoms. The molecule has 1 atom stereocenters. The van der Waals surface area contributed by atoms with E-state index in [1.54, 1.807) is 12.5 Å². The van der Waals surface area contributed by atoms with Crippen molar-refractivity contribution >= 4 is 22.7 Å². The summed E-state index contributed by atoms with van der Waals surface area (Å²) in [5, 5.41) is 6.84. The van der Waals surface area contributed by atoms with Crippen LogP contribution in [0.2, 0.25) is 0 Å². The average Bonchev–Trinajstić information content (AvgIpc) is 3.24. The van der Waals surface area contributed by atoms with Crippen molar-refractivity contribution in [1.82, 2.24) is 14.9 Å². The minimum absolute atomic E-state index is 0.225. The Hall–Kier alpha value is -2.76. The average molecular weight is 340 g/mol. The van der Waals surface area contributed by atoms with E-state index in [1.807, 2.05) is 35.9 Å². The predicted molar refractivity (Wildman–Crippen MR) is 98.9 cm³/mol. The summed E-state index contributed by atoms with van der Waals surface area (Å²) >= 11 is 0. The highest BCUT2D eigenvalue weighted by atomic mass is 16.3. The number of imidazole rings is 1. The molecule has 6 heteroatoms. The summed E-state index contributed by atoms with van der Waals surface area (Å²) in [6.45, 7) is 6.79. The highest BCUT2D eigenvalue weighted by Gasteiger charge is 2.14. The van der Waals surface area contributed by atoms with Crippen molar-refractivity contribution in [1.29, 1.82) is 0 Å². The first-order valence-electron chi connectivity index (χ1n) is 8.63. The maximum Gasteiger partial charge on any atom is 0.319 e. The van der Waals surface area contributed by atoms with Crippen LogP contribution in [0, 0.1) is 6.92 Å². The van der Waals surface area contributed by atoms with Crippen molar-refractivity contribution in [2.45, 2.75) is 39.7 Å². The van der Waals surface area contributed by atoms with Crippen LogP contribution >= 0.6 is 0 Å². The summed E-state index contributed by atoms with van der Waals surface area (Å²) in [6, 6.07) is 5.87. The molecule has 0 aliphatic rings. The topological polar surface area (TPSA) is 72.1 Å². The van der Waals surface area contributed by atoms with E-state index < -0.39 is 0 Å². The summed E-state index contributed by atoms with van der Waals surface area (Å²) in [4.78, 5) is 16.2. The Kier molecular flexibility index (Phi) is 5.07. The lowest BCUT2D eigenvalue weighted by Crippen LogP contribution is -2.30. The molecule has 0 unspecified atom stereocenters. The van der Waals surface area contributed by atoms with E-state index in [0.29, 0.717) is 12.2 Å². The molecule has 2 heterocycles. The largest absolute Gasteiger partial charge is 0.459 e. The van der Waals surface area contributed by atoms with Crippen LogP contribution in [-0.2, 0) is 6.42 Å². The Morgan fingerprint density at radius 2 is 2.24 bits per heavy atom. The van der Waals surface area contributed by atoms with Gasteiger partial charge in [-0.1, -0.05) is 19.1 Å². The van der Waals surface area contributed by atoms with Gasteiger partial charge in [0.15, 0.2) is 5.58 Å². The zero-order valence-corrected chi connectivity index (χ0v) is 14.9. The van der Waals surface area contributed by atoms with Gasteiger partial charge in [0.25, 0.3) is 0 Å². The van der Waals surface area contributed by atoms with Gasteiger partial charge in [-0.25, -0.2) is 9.78 Å². The maximum atomic E-state index is 12.2. The quantitative estimate of drug-likeness (QED) is 0.704. The molecule has 0 aliphatic carbocycles. The van der Waals surface area contributed by atoms with Gasteiger partial charge in [-0.3, -0.25) is 0 Å². The number of hydrogen-bond acceptors (Lipinski definition) is 3. The van der Waals surface area contributed by atoms with E-state index >= 15 is 0 Å². The van der Waals surface area contributed by atoms with Crippen LogP contribution in [-0.4, -0.2) is 22.1 Å². The molecule has 132 valence electrons. The standard InChI is InChI=1S/C19H24N4O2/c1-4-17-14(3)15-6-5-7-16(18(15)25-17)22-19(24)21-9-8-13(2)23-11-10-20-12-23/h5-7,10-13H,4,8-9H2,1-3H3,(H2,21,22,24)/t13-/m1/s1. The molecule has 3 rings (SSSR count). The van der Waals surface area contributed by atoms with Crippen LogP contribution in [0.25, 0.3) is 11.0 Å². The third-order valence-electron chi connectivity index (χ3n) is 4.51. The molecule has 2 N–H and O–H groups in total. The van der Waals surface area contributed by atoms with Crippen molar-refractivity contribution in [2.24, 2.45) is 0 Å². The zero-order valence-electron chi connectivity index (χ0n) is 14.9. The number of furan rings is 1. The summed E-state index contributed by atoms with van der Waals surface area (Å²) in [5.41, 5.74) is 2.56. The number of nitrogens with one attached hydrogen (secondary N) is 2. The van der Waals surface area contributed by atoms with Crippen LogP contribution < -0.4 is 10.6 Å². The van der Waals surface area contributed by atoms with E-state index in [-0.39, 0.29) is 12.1 Å². The van der Waals surface area contributed by atoms with Gasteiger partial charge in [-0.05, 0) is 31.9 Å². The summed E-state index contributed by atoms with van der Waals surface area (Å²) < 4.78 is 7.94. The number of para-hydroxylation sites is 1. The summed E-state index contributed by atoms with van der Waals surface area (Å²) in [5.74, 6) is 0.957. The van der Waals surface area contributed by atoms with E-state index in [4.69, 9.17) is 4.42 Å². The number of carbonyl (C=O) groups excluding carboxylic acids is 1. The lowest BCUT2D eigenvalue weighted by Gasteiger charge is -2.13. The molecule has 0 saturated carbocycles. The van der Waals surface area contributed by atoms with Crippen molar-refractivity contribution < 1.29 is 9.21 Å². The van der Waals surface area contributed by atoms with Crippen molar-refractivity contribution in [2.75, 3.05) is 11.9 Å². The lowest BCUT2D eigenvalue weighted by molar-refractivity contribution is 0.251. The Labute approximate surface area is 147 Å². The minimum Gasteiger partial charge on any atom is -0.459 e. The van der Waals surface area contributed by atoms with Crippen molar-refractivity contribution in [3.63, 3.8) is 0 Å². The normalized spacial score (nSPS) is 12.3. The third kappa shape index (κ3) is 3.68. The second-order valence-electron chi connectivity index (χ2n) is 6.21. The van der Waals surface area contributed by atoms with Crippen molar-refractivity contribution in [3.05, 3.63) is 48.2 Å². The van der Waals surface area contributed by atoms with Crippen LogP contribution in [0.3, 0.4) is 0 Å². The fourth-order valence-corrected chi connectivity index (χ4v) is 2.97. The molecule has 25 heavy (non-hydrogen) atoms. The van der Waals surface area contributed by atoms with Crippen molar-refractivity contribution in [3.8, 4) is 0 Å². The Morgan fingerprint density at radius 3 is 2.96 bits per heavy atom. The lowest BCUT2D eigenvalue weighted by atomic mass is 10.1. The number of aryl methyl sites for hydroxylation is 2. The van der Waals surface area contributed by atoms with Gasteiger partial charge in [0.1, 0.15) is 5.76 Å². The van der Waals surface area contributed by atoms with Gasteiger partial charge in [-0.15, -0.1) is 0 Å². The molecule has 0 aliphatic heterocycles. The number of carbonyl (C=O) groups is 1. The Balaban J connectivity index is 1.60. The first kappa shape index (κ1) is 17.1. The van der Waals surface area contributed by atoms with E-state index in [1.165, 1.54) is 0 Å². The SMILES string of the molecule is CCc1oc2c(NC(=O)NCC[C@@H](C)n3ccnc3)cccc2c1C. The number of benzene rings is 1. The summed E-state index contributed by atoms with van der Waals surface area (Å²) in [7, 11) is 0. The highest BCUT2D eigenvalue weighted by molar-refractivity contribution is 6.00. The predicted octanol–water partition coefficient (Wildman–Crippen LogP) is 4.27. The molecule has 3 aromatic rings. The number of rotatable bonds is 6. The van der Waals surface area contributed by atoms with Crippen LogP contribution in [0.4, 0.5) is 10.5 Å². The molecule has 0 spiro atoms. The Morgan fingerprint density at radius 1 is 1.40 bits per heavy atom. The first-order valence-corrected chi connectivity index (χ1v) is 8.63. The maximum absolute atomic E-state index is 12.2. The number of aromatic nitrogens is 2. The molecule has 2 aromatic heterocycles. The van der Waals surface area contributed by atoms with Crippen LogP contribution in [0.15, 0.2) is 41.3 Å². The highest BCUT2D eigenvalue weighted by Crippen LogP contribution is 2.31. The number of hydrogen-bond donors (Lipinski definition) is 2. The molecule has 2 amide bonds. The van der Waals surface area contributed by atoms with E-state index in [9.17, 15) is 4.79 Å². The van der Waals surface area contributed by atoms with Gasteiger partial charge in [-0.2, -0.15) is 0 Å².